The molecule has 1 saturated heterocycles. The lowest BCUT2D eigenvalue weighted by Crippen LogP contribution is -2.32. The molecule has 0 radical (unpaired) electrons. The van der Waals surface area contributed by atoms with E-state index in [1.807, 2.05) is 0 Å². The highest BCUT2D eigenvalue weighted by atomic mass is 32.2. The number of aromatic nitrogens is 2. The highest BCUT2D eigenvalue weighted by molar-refractivity contribution is 7.91. The van der Waals surface area contributed by atoms with Crippen molar-refractivity contribution >= 4 is 21.4 Å². The van der Waals surface area contributed by atoms with Crippen molar-refractivity contribution in [3.63, 3.8) is 0 Å². The molecule has 0 spiro atoms. The van der Waals surface area contributed by atoms with Gasteiger partial charge in [0.15, 0.2) is 10.0 Å². The van der Waals surface area contributed by atoms with Crippen LogP contribution in [0.4, 0.5) is 0 Å². The van der Waals surface area contributed by atoms with Gasteiger partial charge in [0.25, 0.3) is 10.0 Å². The molecule has 2 atom stereocenters. The number of methoxy groups -OCH3 is 2. The molecule has 1 fully saturated rings. The van der Waals surface area contributed by atoms with Gasteiger partial charge in [-0.2, -0.15) is 9.29 Å². The molecule has 0 aliphatic carbocycles. The van der Waals surface area contributed by atoms with E-state index in [1.165, 1.54) is 11.4 Å². The summed E-state index contributed by atoms with van der Waals surface area (Å²) in [5.41, 5.74) is 0. The van der Waals surface area contributed by atoms with Crippen LogP contribution in [-0.2, 0) is 14.8 Å². The summed E-state index contributed by atoms with van der Waals surface area (Å²) < 4.78 is 43.3. The quantitative estimate of drug-likeness (QED) is 0.800. The summed E-state index contributed by atoms with van der Waals surface area (Å²) in [5, 5.41) is 5.44. The molecule has 1 aliphatic rings. The fraction of sp³-hybridized carbons (Fsp3) is 0.538. The van der Waals surface area contributed by atoms with Crippen LogP contribution < -0.4 is 4.74 Å². The molecular formula is C13H17N3O5S2. The predicted octanol–water partition coefficient (Wildman–Crippen LogP) is 1.60. The van der Waals surface area contributed by atoms with Crippen LogP contribution in [0.1, 0.15) is 24.2 Å². The van der Waals surface area contributed by atoms with Crippen LogP contribution in [0.5, 0.6) is 5.75 Å². The normalized spacial score (nSPS) is 22.6. The van der Waals surface area contributed by atoms with Crippen LogP contribution >= 0.6 is 11.3 Å². The predicted molar refractivity (Wildman–Crippen MR) is 82.0 cm³/mol. The van der Waals surface area contributed by atoms with Crippen LogP contribution in [0.25, 0.3) is 0 Å². The molecule has 0 unspecified atom stereocenters. The molecule has 126 valence electrons. The summed E-state index contributed by atoms with van der Waals surface area (Å²) in [6, 6.07) is 1.09. The number of nitrogens with zero attached hydrogens (tertiary/aromatic N) is 3. The van der Waals surface area contributed by atoms with E-state index in [0.29, 0.717) is 18.0 Å². The summed E-state index contributed by atoms with van der Waals surface area (Å²) in [6.45, 7) is 1.92. The minimum absolute atomic E-state index is 0.165. The molecule has 2 aromatic heterocycles. The first-order chi connectivity index (χ1) is 11.0. The number of ether oxygens (including phenoxy) is 2. The van der Waals surface area contributed by atoms with E-state index in [-0.39, 0.29) is 22.7 Å². The summed E-state index contributed by atoms with van der Waals surface area (Å²) in [5.74, 6) is 1.07. The van der Waals surface area contributed by atoms with Crippen LogP contribution in [0.3, 0.4) is 0 Å². The molecule has 23 heavy (non-hydrogen) atoms. The molecule has 10 heteroatoms. The number of aryl methyl sites for hydroxylation is 1. The Bertz CT molecular complexity index is 785. The highest BCUT2D eigenvalue weighted by Gasteiger charge is 2.45. The summed E-state index contributed by atoms with van der Waals surface area (Å²) in [6.07, 6.45) is 0.235. The first-order valence-corrected chi connectivity index (χ1v) is 9.25. The maximum atomic E-state index is 13.0. The largest absolute Gasteiger partial charge is 0.494 e. The van der Waals surface area contributed by atoms with E-state index in [9.17, 15) is 8.42 Å². The maximum Gasteiger partial charge on any atom is 0.257 e. The van der Waals surface area contributed by atoms with Crippen molar-refractivity contribution in [3.8, 4) is 5.75 Å². The molecule has 0 aromatic carbocycles. The zero-order valence-electron chi connectivity index (χ0n) is 12.9. The fourth-order valence-electron chi connectivity index (χ4n) is 2.61. The third kappa shape index (κ3) is 2.87. The Hall–Kier alpha value is -1.49. The minimum atomic E-state index is -3.75. The maximum absolute atomic E-state index is 13.0. The summed E-state index contributed by atoms with van der Waals surface area (Å²) in [7, 11) is -0.746. The first-order valence-electron chi connectivity index (χ1n) is 6.93. The Labute approximate surface area is 138 Å². The van der Waals surface area contributed by atoms with Gasteiger partial charge in [-0.05, 0) is 18.4 Å². The van der Waals surface area contributed by atoms with Crippen molar-refractivity contribution in [1.29, 1.82) is 0 Å². The molecule has 3 heterocycles. The van der Waals surface area contributed by atoms with Crippen molar-refractivity contribution in [2.24, 2.45) is 0 Å². The Kier molecular flexibility index (Phi) is 4.41. The smallest absolute Gasteiger partial charge is 0.257 e. The Balaban J connectivity index is 2.01. The van der Waals surface area contributed by atoms with E-state index in [0.717, 1.165) is 11.3 Å². The van der Waals surface area contributed by atoms with Crippen molar-refractivity contribution in [2.75, 3.05) is 20.8 Å². The number of thiophene rings is 1. The van der Waals surface area contributed by atoms with Gasteiger partial charge < -0.3 is 14.0 Å². The Morgan fingerprint density at radius 1 is 1.43 bits per heavy atom. The lowest BCUT2D eigenvalue weighted by Gasteiger charge is -2.20. The SMILES string of the molecule is COc1ccsc1S(=O)(=O)N1C[C@@H](OC)C[C@@H]1c1nc(C)no1. The number of hydrogen-bond donors (Lipinski definition) is 0. The first kappa shape index (κ1) is 16.4. The van der Waals surface area contributed by atoms with Crippen LogP contribution in [0, 0.1) is 6.92 Å². The standard InChI is InChI=1S/C13H17N3O5S2/c1-8-14-12(21-15-8)10-6-9(19-2)7-16(10)23(17,18)13-11(20-3)4-5-22-13/h4-5,9-10H,6-7H2,1-3H3/t9-,10+/m0/s1. The average Bonchev–Trinajstić information content (AvgIpc) is 3.25. The molecule has 0 bridgehead atoms. The number of hydrogen-bond acceptors (Lipinski definition) is 8. The molecule has 0 N–H and O–H groups in total. The van der Waals surface area contributed by atoms with E-state index < -0.39 is 16.1 Å². The summed E-state index contributed by atoms with van der Waals surface area (Å²) >= 11 is 1.12. The lowest BCUT2D eigenvalue weighted by molar-refractivity contribution is 0.114. The van der Waals surface area contributed by atoms with Crippen LogP contribution in [-0.4, -0.2) is 49.7 Å². The van der Waals surface area contributed by atoms with Crippen LogP contribution in [0.2, 0.25) is 0 Å². The van der Waals surface area contributed by atoms with E-state index in [1.54, 1.807) is 25.5 Å². The van der Waals surface area contributed by atoms with Crippen molar-refractivity contribution in [3.05, 3.63) is 23.2 Å². The van der Waals surface area contributed by atoms with E-state index in [2.05, 4.69) is 10.1 Å². The topological polar surface area (TPSA) is 94.8 Å². The van der Waals surface area contributed by atoms with Gasteiger partial charge in [0.1, 0.15) is 11.8 Å². The van der Waals surface area contributed by atoms with Crippen molar-refractivity contribution in [1.82, 2.24) is 14.4 Å². The zero-order chi connectivity index (χ0) is 16.6. The van der Waals surface area contributed by atoms with Gasteiger partial charge in [-0.1, -0.05) is 5.16 Å². The van der Waals surface area contributed by atoms with Gasteiger partial charge in [0.05, 0.1) is 13.2 Å². The van der Waals surface area contributed by atoms with Gasteiger partial charge in [0.2, 0.25) is 5.89 Å². The Morgan fingerprint density at radius 2 is 2.22 bits per heavy atom. The van der Waals surface area contributed by atoms with Crippen molar-refractivity contribution < 1.29 is 22.4 Å². The highest BCUT2D eigenvalue weighted by Crippen LogP contribution is 2.40. The molecule has 2 aromatic rings. The van der Waals surface area contributed by atoms with E-state index >= 15 is 0 Å². The van der Waals surface area contributed by atoms with E-state index in [4.69, 9.17) is 14.0 Å². The molecule has 3 rings (SSSR count). The summed E-state index contributed by atoms with van der Waals surface area (Å²) in [4.78, 5) is 4.18. The lowest BCUT2D eigenvalue weighted by atomic mass is 10.2. The van der Waals surface area contributed by atoms with Gasteiger partial charge >= 0.3 is 0 Å². The molecule has 0 saturated carbocycles. The minimum Gasteiger partial charge on any atom is -0.494 e. The third-order valence-corrected chi connectivity index (χ3v) is 7.04. The van der Waals surface area contributed by atoms with Crippen LogP contribution in [0.15, 0.2) is 20.2 Å². The van der Waals surface area contributed by atoms with Crippen molar-refractivity contribution in [2.45, 2.75) is 29.7 Å². The van der Waals surface area contributed by atoms with Gasteiger partial charge in [0, 0.05) is 20.1 Å². The molecule has 8 nitrogen and oxygen atoms in total. The number of sulfonamides is 1. The van der Waals surface area contributed by atoms with Gasteiger partial charge in [-0.25, -0.2) is 8.42 Å². The fourth-order valence-corrected chi connectivity index (χ4v) is 5.62. The second-order valence-electron chi connectivity index (χ2n) is 5.14. The second kappa shape index (κ2) is 6.19. The molecular weight excluding hydrogens is 342 g/mol. The molecule has 0 amide bonds. The monoisotopic (exact) mass is 359 g/mol. The Morgan fingerprint density at radius 3 is 2.83 bits per heavy atom. The molecule has 1 aliphatic heterocycles. The average molecular weight is 359 g/mol. The number of rotatable bonds is 5. The third-order valence-electron chi connectivity index (χ3n) is 3.74. The van der Waals surface area contributed by atoms with Gasteiger partial charge in [-0.3, -0.25) is 0 Å². The zero-order valence-corrected chi connectivity index (χ0v) is 14.6. The second-order valence-corrected chi connectivity index (χ2v) is 8.14. The van der Waals surface area contributed by atoms with Gasteiger partial charge in [-0.15, -0.1) is 11.3 Å².